The third kappa shape index (κ3) is 3.05. The molecular weight excluding hydrogens is 242 g/mol. The number of rotatable bonds is 3. The highest BCUT2D eigenvalue weighted by atomic mass is 16.1. The summed E-state index contributed by atoms with van der Waals surface area (Å²) >= 11 is 0. The molecule has 1 heterocycles. The summed E-state index contributed by atoms with van der Waals surface area (Å²) in [7, 11) is 0. The number of nitrogen functional groups attached to an aromatic ring is 1. The zero-order chi connectivity index (χ0) is 13.8. The van der Waals surface area contributed by atoms with E-state index in [2.05, 4.69) is 20.7 Å². The number of benzene rings is 1. The number of aromatic nitrogens is 2. The molecule has 1 aromatic heterocycles. The van der Waals surface area contributed by atoms with E-state index in [1.54, 1.807) is 0 Å². The highest BCUT2D eigenvalue weighted by molar-refractivity contribution is 6.03. The van der Waals surface area contributed by atoms with Crippen LogP contribution in [0.4, 0.5) is 11.5 Å². The van der Waals surface area contributed by atoms with Gasteiger partial charge in [-0.15, -0.1) is 0 Å². The number of hydrogen-bond acceptors (Lipinski definition) is 5. The second-order valence-electron chi connectivity index (χ2n) is 4.20. The van der Waals surface area contributed by atoms with Gasteiger partial charge in [-0.25, -0.2) is 15.8 Å². The van der Waals surface area contributed by atoms with Crippen LogP contribution in [0.2, 0.25) is 0 Å². The Morgan fingerprint density at radius 2 is 2.00 bits per heavy atom. The molecule has 0 atom stereocenters. The van der Waals surface area contributed by atoms with Gasteiger partial charge in [0.05, 0.1) is 12.4 Å². The van der Waals surface area contributed by atoms with Crippen molar-refractivity contribution in [3.8, 4) is 0 Å². The molecule has 2 rings (SSSR count). The quantitative estimate of drug-likeness (QED) is 0.574. The minimum absolute atomic E-state index is 0.236. The second-order valence-corrected chi connectivity index (χ2v) is 4.20. The molecule has 0 bridgehead atoms. The highest BCUT2D eigenvalue weighted by Gasteiger charge is 2.09. The fourth-order valence-corrected chi connectivity index (χ4v) is 1.58. The summed E-state index contributed by atoms with van der Waals surface area (Å²) in [5.74, 6) is 5.29. The van der Waals surface area contributed by atoms with Crippen molar-refractivity contribution in [2.75, 3.05) is 10.7 Å². The Morgan fingerprint density at radius 3 is 2.63 bits per heavy atom. The first-order valence-corrected chi connectivity index (χ1v) is 5.77. The van der Waals surface area contributed by atoms with Crippen molar-refractivity contribution in [3.05, 3.63) is 47.4 Å². The Balaban J connectivity index is 2.18. The fraction of sp³-hybridized carbons (Fsp3) is 0.154. The van der Waals surface area contributed by atoms with Gasteiger partial charge < -0.3 is 10.7 Å². The number of nitrogens with one attached hydrogen (secondary N) is 2. The maximum absolute atomic E-state index is 12.0. The van der Waals surface area contributed by atoms with Gasteiger partial charge in [0.2, 0.25) is 0 Å². The van der Waals surface area contributed by atoms with Crippen molar-refractivity contribution in [1.29, 1.82) is 0 Å². The Morgan fingerprint density at radius 1 is 1.21 bits per heavy atom. The number of amides is 1. The molecule has 6 heteroatoms. The predicted molar refractivity (Wildman–Crippen MR) is 73.7 cm³/mol. The topological polar surface area (TPSA) is 92.9 Å². The van der Waals surface area contributed by atoms with Crippen molar-refractivity contribution in [1.82, 2.24) is 9.97 Å². The van der Waals surface area contributed by atoms with Gasteiger partial charge in [0.15, 0.2) is 5.82 Å². The van der Waals surface area contributed by atoms with Crippen LogP contribution in [-0.4, -0.2) is 15.9 Å². The second kappa shape index (κ2) is 5.45. The fourth-order valence-electron chi connectivity index (χ4n) is 1.58. The van der Waals surface area contributed by atoms with Crippen molar-refractivity contribution in [3.63, 3.8) is 0 Å². The summed E-state index contributed by atoms with van der Waals surface area (Å²) in [5.41, 5.74) is 5.43. The SMILES string of the molecule is Cc1ccc(C)c(NC(=O)c2cnc(NN)cn2)c1. The molecule has 0 spiro atoms. The van der Waals surface area contributed by atoms with E-state index in [0.717, 1.165) is 16.8 Å². The normalized spacial score (nSPS) is 10.1. The molecule has 0 aliphatic heterocycles. The van der Waals surface area contributed by atoms with E-state index in [1.807, 2.05) is 32.0 Å². The molecule has 0 saturated carbocycles. The van der Waals surface area contributed by atoms with Gasteiger partial charge in [0.1, 0.15) is 5.69 Å². The molecule has 0 fully saturated rings. The smallest absolute Gasteiger partial charge is 0.275 e. The average Bonchev–Trinajstić information content (AvgIpc) is 2.43. The van der Waals surface area contributed by atoms with Crippen LogP contribution in [0.15, 0.2) is 30.6 Å². The van der Waals surface area contributed by atoms with Gasteiger partial charge in [0.25, 0.3) is 5.91 Å². The van der Waals surface area contributed by atoms with Crippen LogP contribution >= 0.6 is 0 Å². The number of carbonyl (C=O) groups excluding carboxylic acids is 1. The minimum Gasteiger partial charge on any atom is -0.320 e. The maximum Gasteiger partial charge on any atom is 0.275 e. The highest BCUT2D eigenvalue weighted by Crippen LogP contribution is 2.17. The molecule has 0 unspecified atom stereocenters. The summed E-state index contributed by atoms with van der Waals surface area (Å²) in [6.07, 6.45) is 2.77. The van der Waals surface area contributed by atoms with Gasteiger partial charge in [-0.1, -0.05) is 12.1 Å². The van der Waals surface area contributed by atoms with Gasteiger partial charge >= 0.3 is 0 Å². The van der Waals surface area contributed by atoms with E-state index in [1.165, 1.54) is 12.4 Å². The monoisotopic (exact) mass is 257 g/mol. The number of nitrogens with two attached hydrogens (primary N) is 1. The van der Waals surface area contributed by atoms with Crippen LogP contribution < -0.4 is 16.6 Å². The first kappa shape index (κ1) is 13.0. The van der Waals surface area contributed by atoms with E-state index >= 15 is 0 Å². The van der Waals surface area contributed by atoms with E-state index in [4.69, 9.17) is 5.84 Å². The van der Waals surface area contributed by atoms with E-state index in [9.17, 15) is 4.79 Å². The molecule has 6 nitrogen and oxygen atoms in total. The molecule has 19 heavy (non-hydrogen) atoms. The lowest BCUT2D eigenvalue weighted by Crippen LogP contribution is -2.16. The lowest BCUT2D eigenvalue weighted by molar-refractivity contribution is 0.102. The molecule has 2 aromatic rings. The molecule has 4 N–H and O–H groups in total. The van der Waals surface area contributed by atoms with Crippen molar-refractivity contribution >= 4 is 17.4 Å². The lowest BCUT2D eigenvalue weighted by atomic mass is 10.1. The largest absolute Gasteiger partial charge is 0.320 e. The van der Waals surface area contributed by atoms with E-state index in [-0.39, 0.29) is 11.6 Å². The molecule has 0 aliphatic carbocycles. The third-order valence-corrected chi connectivity index (χ3v) is 2.67. The summed E-state index contributed by atoms with van der Waals surface area (Å²) in [6, 6.07) is 5.86. The summed E-state index contributed by atoms with van der Waals surface area (Å²) in [5, 5.41) is 2.81. The average molecular weight is 257 g/mol. The Labute approximate surface area is 111 Å². The number of carbonyl (C=O) groups is 1. The van der Waals surface area contributed by atoms with Crippen LogP contribution in [0.3, 0.4) is 0 Å². The minimum atomic E-state index is -0.301. The molecule has 0 aliphatic rings. The van der Waals surface area contributed by atoms with Crippen molar-refractivity contribution in [2.24, 2.45) is 5.84 Å². The molecular formula is C13H15N5O. The number of anilines is 2. The van der Waals surface area contributed by atoms with Gasteiger partial charge in [-0.2, -0.15) is 0 Å². The van der Waals surface area contributed by atoms with E-state index in [0.29, 0.717) is 5.82 Å². The van der Waals surface area contributed by atoms with Crippen molar-refractivity contribution < 1.29 is 4.79 Å². The van der Waals surface area contributed by atoms with Gasteiger partial charge in [0, 0.05) is 5.69 Å². The number of hydrogen-bond donors (Lipinski definition) is 3. The standard InChI is InChI=1S/C13H15N5O/c1-8-3-4-9(2)10(5-8)17-13(19)11-6-16-12(18-14)7-15-11/h3-7H,14H2,1-2H3,(H,16,18)(H,17,19). The first-order valence-electron chi connectivity index (χ1n) is 5.77. The van der Waals surface area contributed by atoms with Crippen molar-refractivity contribution in [2.45, 2.75) is 13.8 Å². The molecule has 0 radical (unpaired) electrons. The Kier molecular flexibility index (Phi) is 3.72. The summed E-state index contributed by atoms with van der Waals surface area (Å²) in [6.45, 7) is 3.90. The van der Waals surface area contributed by atoms with Crippen LogP contribution in [0.25, 0.3) is 0 Å². The molecule has 1 aromatic carbocycles. The molecule has 1 amide bonds. The Bertz CT molecular complexity index is 594. The zero-order valence-corrected chi connectivity index (χ0v) is 10.8. The van der Waals surface area contributed by atoms with E-state index < -0.39 is 0 Å². The number of hydrazine groups is 1. The van der Waals surface area contributed by atoms with Gasteiger partial charge in [-0.05, 0) is 31.0 Å². The number of nitrogens with zero attached hydrogens (tertiary/aromatic N) is 2. The molecule has 0 saturated heterocycles. The van der Waals surface area contributed by atoms with Crippen LogP contribution in [-0.2, 0) is 0 Å². The predicted octanol–water partition coefficient (Wildman–Crippen LogP) is 1.63. The molecule has 98 valence electrons. The lowest BCUT2D eigenvalue weighted by Gasteiger charge is -2.09. The Hall–Kier alpha value is -2.47. The zero-order valence-electron chi connectivity index (χ0n) is 10.8. The van der Waals surface area contributed by atoms with Crippen LogP contribution in [0.5, 0.6) is 0 Å². The van der Waals surface area contributed by atoms with Crippen LogP contribution in [0, 0.1) is 13.8 Å². The summed E-state index contributed by atoms with van der Waals surface area (Å²) in [4.78, 5) is 19.9. The van der Waals surface area contributed by atoms with Crippen LogP contribution in [0.1, 0.15) is 21.6 Å². The van der Waals surface area contributed by atoms with Gasteiger partial charge in [-0.3, -0.25) is 4.79 Å². The third-order valence-electron chi connectivity index (χ3n) is 2.67. The summed E-state index contributed by atoms with van der Waals surface area (Å²) < 4.78 is 0. The number of aryl methyl sites for hydroxylation is 2. The maximum atomic E-state index is 12.0. The first-order chi connectivity index (χ1) is 9.10.